The Labute approximate surface area is 68.0 Å². The van der Waals surface area contributed by atoms with Gasteiger partial charge in [0.15, 0.2) is 0 Å². The summed E-state index contributed by atoms with van der Waals surface area (Å²) in [4.78, 5) is 11.1. The van der Waals surface area contributed by atoms with Crippen LogP contribution >= 0.6 is 0 Å². The van der Waals surface area contributed by atoms with E-state index < -0.39 is 8.07 Å². The van der Waals surface area contributed by atoms with Crippen molar-refractivity contribution in [3.05, 3.63) is 23.7 Å². The summed E-state index contributed by atoms with van der Waals surface area (Å²) in [6.07, 6.45) is 3.25. The van der Waals surface area contributed by atoms with Crippen molar-refractivity contribution < 1.29 is 4.79 Å². The summed E-state index contributed by atoms with van der Waals surface area (Å²) < 4.78 is 0. The van der Waals surface area contributed by atoms with E-state index in [4.69, 9.17) is 0 Å². The standard InChI is InChI=1S/C8H13NOSi/c1-11(2,3)6-7-8(10)4-5-9-7/h4-6,9H,1-3H3. The molecular formula is C8H13NOSi. The first-order valence-electron chi connectivity index (χ1n) is 3.69. The Balaban J connectivity index is 2.77. The molecule has 0 radical (unpaired) electrons. The van der Waals surface area contributed by atoms with Gasteiger partial charge in [0.05, 0.1) is 13.8 Å². The third-order valence-corrected chi connectivity index (χ3v) is 2.47. The molecule has 3 heteroatoms. The third-order valence-electron chi connectivity index (χ3n) is 1.32. The molecule has 0 aromatic carbocycles. The van der Waals surface area contributed by atoms with E-state index in [0.717, 1.165) is 5.70 Å². The van der Waals surface area contributed by atoms with E-state index in [1.165, 1.54) is 0 Å². The van der Waals surface area contributed by atoms with Gasteiger partial charge < -0.3 is 5.32 Å². The maximum absolute atomic E-state index is 11.1. The van der Waals surface area contributed by atoms with Crippen LogP contribution in [0.5, 0.6) is 0 Å². The van der Waals surface area contributed by atoms with Crippen LogP contribution in [-0.2, 0) is 4.79 Å². The summed E-state index contributed by atoms with van der Waals surface area (Å²) >= 11 is 0. The Morgan fingerprint density at radius 3 is 2.45 bits per heavy atom. The second-order valence-electron chi connectivity index (χ2n) is 3.77. The van der Waals surface area contributed by atoms with Crippen LogP contribution in [0, 0.1) is 0 Å². The summed E-state index contributed by atoms with van der Waals surface area (Å²) in [5.41, 5.74) is 2.83. The quantitative estimate of drug-likeness (QED) is 0.473. The summed E-state index contributed by atoms with van der Waals surface area (Å²) in [6, 6.07) is 0. The Morgan fingerprint density at radius 1 is 1.45 bits per heavy atom. The molecular weight excluding hydrogens is 154 g/mol. The molecule has 0 fully saturated rings. The van der Waals surface area contributed by atoms with Gasteiger partial charge in [-0.2, -0.15) is 0 Å². The lowest BCUT2D eigenvalue weighted by Gasteiger charge is -2.10. The van der Waals surface area contributed by atoms with E-state index in [9.17, 15) is 4.79 Å². The normalized spacial score (nSPS) is 21.0. The van der Waals surface area contributed by atoms with Crippen molar-refractivity contribution in [2.75, 3.05) is 0 Å². The van der Waals surface area contributed by atoms with Gasteiger partial charge in [-0.05, 0) is 0 Å². The maximum atomic E-state index is 11.1. The van der Waals surface area contributed by atoms with E-state index in [-0.39, 0.29) is 5.78 Å². The highest BCUT2D eigenvalue weighted by molar-refractivity contribution is 6.81. The minimum Gasteiger partial charge on any atom is -0.359 e. The molecule has 0 aromatic heterocycles. The lowest BCUT2D eigenvalue weighted by molar-refractivity contribution is -0.111. The molecule has 0 spiro atoms. The van der Waals surface area contributed by atoms with Gasteiger partial charge in [-0.3, -0.25) is 4.79 Å². The molecule has 1 heterocycles. The van der Waals surface area contributed by atoms with Crippen LogP contribution in [-0.4, -0.2) is 13.9 Å². The molecule has 1 aliphatic rings. The van der Waals surface area contributed by atoms with Gasteiger partial charge >= 0.3 is 0 Å². The number of ketones is 1. The van der Waals surface area contributed by atoms with Crippen LogP contribution in [0.3, 0.4) is 0 Å². The first-order chi connectivity index (χ1) is 4.99. The molecule has 1 aliphatic heterocycles. The molecule has 0 saturated carbocycles. The predicted octanol–water partition coefficient (Wildman–Crippen LogP) is 1.43. The minimum atomic E-state index is -1.25. The van der Waals surface area contributed by atoms with Crippen LogP contribution in [0.2, 0.25) is 19.6 Å². The van der Waals surface area contributed by atoms with Gasteiger partial charge in [0.1, 0.15) is 0 Å². The molecule has 0 bridgehead atoms. The zero-order chi connectivity index (χ0) is 8.48. The van der Waals surface area contributed by atoms with Gasteiger partial charge in [0.2, 0.25) is 5.78 Å². The topological polar surface area (TPSA) is 29.1 Å². The summed E-state index contributed by atoms with van der Waals surface area (Å²) in [5, 5.41) is 2.93. The van der Waals surface area contributed by atoms with Crippen molar-refractivity contribution in [2.45, 2.75) is 19.6 Å². The molecule has 0 saturated heterocycles. The maximum Gasteiger partial charge on any atom is 0.202 e. The first-order valence-corrected chi connectivity index (χ1v) is 7.27. The average molecular weight is 167 g/mol. The molecule has 1 N–H and O–H groups in total. The van der Waals surface area contributed by atoms with E-state index in [1.54, 1.807) is 12.3 Å². The molecule has 0 aliphatic carbocycles. The SMILES string of the molecule is C[Si](C)(C)C=C1NC=CC1=O. The molecule has 1 rings (SSSR count). The van der Waals surface area contributed by atoms with Crippen molar-refractivity contribution in [1.82, 2.24) is 5.32 Å². The Hall–Kier alpha value is -0.833. The Morgan fingerprint density at radius 2 is 2.09 bits per heavy atom. The number of hydrogen-bond acceptors (Lipinski definition) is 2. The highest BCUT2D eigenvalue weighted by atomic mass is 28.3. The number of nitrogens with one attached hydrogen (secondary N) is 1. The van der Waals surface area contributed by atoms with Gasteiger partial charge in [-0.15, -0.1) is 0 Å². The van der Waals surface area contributed by atoms with E-state index in [2.05, 4.69) is 30.7 Å². The van der Waals surface area contributed by atoms with Crippen molar-refractivity contribution in [2.24, 2.45) is 0 Å². The second-order valence-corrected chi connectivity index (χ2v) is 8.79. The van der Waals surface area contributed by atoms with Crippen molar-refractivity contribution in [1.29, 1.82) is 0 Å². The monoisotopic (exact) mass is 167 g/mol. The average Bonchev–Trinajstić information content (AvgIpc) is 2.12. The Bertz CT molecular complexity index is 235. The van der Waals surface area contributed by atoms with Gasteiger partial charge in [-0.25, -0.2) is 0 Å². The Kier molecular flexibility index (Phi) is 2.00. The number of carbonyl (C=O) groups excluding carboxylic acids is 1. The lowest BCUT2D eigenvalue weighted by atomic mass is 10.4. The van der Waals surface area contributed by atoms with E-state index >= 15 is 0 Å². The van der Waals surface area contributed by atoms with Crippen molar-refractivity contribution in [3.63, 3.8) is 0 Å². The molecule has 0 aromatic rings. The number of hydrogen-bond donors (Lipinski definition) is 1. The van der Waals surface area contributed by atoms with Gasteiger partial charge in [0.25, 0.3) is 0 Å². The molecule has 0 atom stereocenters. The fourth-order valence-electron chi connectivity index (χ4n) is 0.914. The molecule has 60 valence electrons. The number of rotatable bonds is 1. The highest BCUT2D eigenvalue weighted by Crippen LogP contribution is 2.09. The van der Waals surface area contributed by atoms with E-state index in [1.807, 2.05) is 0 Å². The van der Waals surface area contributed by atoms with Crippen molar-refractivity contribution >= 4 is 13.9 Å². The summed E-state index contributed by atoms with van der Waals surface area (Å²) in [7, 11) is -1.25. The van der Waals surface area contributed by atoms with Gasteiger partial charge in [0, 0.05) is 12.3 Å². The van der Waals surface area contributed by atoms with Crippen LogP contribution < -0.4 is 5.32 Å². The molecule has 0 unspecified atom stereocenters. The largest absolute Gasteiger partial charge is 0.359 e. The van der Waals surface area contributed by atoms with Crippen LogP contribution in [0.15, 0.2) is 23.7 Å². The summed E-state index contributed by atoms with van der Waals surface area (Å²) in [5.74, 6) is 0.104. The molecule has 2 nitrogen and oxygen atoms in total. The number of allylic oxidation sites excluding steroid dienone is 1. The molecule has 11 heavy (non-hydrogen) atoms. The van der Waals surface area contributed by atoms with Crippen LogP contribution in [0.4, 0.5) is 0 Å². The van der Waals surface area contributed by atoms with Crippen LogP contribution in [0.25, 0.3) is 0 Å². The van der Waals surface area contributed by atoms with Crippen LogP contribution in [0.1, 0.15) is 0 Å². The van der Waals surface area contributed by atoms with Gasteiger partial charge in [-0.1, -0.05) is 25.3 Å². The second kappa shape index (κ2) is 2.66. The fraction of sp³-hybridized carbons (Fsp3) is 0.375. The predicted molar refractivity (Wildman–Crippen MR) is 48.7 cm³/mol. The van der Waals surface area contributed by atoms with Crippen molar-refractivity contribution in [3.8, 4) is 0 Å². The molecule has 0 amide bonds. The van der Waals surface area contributed by atoms with E-state index in [0.29, 0.717) is 0 Å². The highest BCUT2D eigenvalue weighted by Gasteiger charge is 2.16. The lowest BCUT2D eigenvalue weighted by Crippen LogP contribution is -2.20. The summed E-state index contributed by atoms with van der Waals surface area (Å²) in [6.45, 7) is 6.60. The smallest absolute Gasteiger partial charge is 0.202 e. The number of carbonyl (C=O) groups is 1. The fourth-order valence-corrected chi connectivity index (χ4v) is 2.01. The third kappa shape index (κ3) is 2.35. The minimum absolute atomic E-state index is 0.104. The zero-order valence-electron chi connectivity index (χ0n) is 7.14. The first kappa shape index (κ1) is 8.27. The zero-order valence-corrected chi connectivity index (χ0v) is 8.14.